The molecule has 0 spiro atoms. The molecule has 0 saturated carbocycles. The van der Waals surface area contributed by atoms with Crippen molar-refractivity contribution in [3.8, 4) is 10.9 Å². The molecule has 1 aliphatic rings. The highest BCUT2D eigenvalue weighted by Gasteiger charge is 2.36. The van der Waals surface area contributed by atoms with E-state index in [4.69, 9.17) is 4.74 Å². The number of likely N-dealkylation sites (N-methyl/N-ethyl adjacent to an activating group) is 1. The van der Waals surface area contributed by atoms with Crippen LogP contribution in [0.15, 0.2) is 24.3 Å². The molecule has 20 heavy (non-hydrogen) atoms. The summed E-state index contributed by atoms with van der Waals surface area (Å²) in [4.78, 5) is 5.37. The number of aromatic nitrogens is 1. The van der Waals surface area contributed by atoms with E-state index >= 15 is 0 Å². The molecule has 0 bridgehead atoms. The van der Waals surface area contributed by atoms with Crippen LogP contribution in [0.3, 0.4) is 0 Å². The number of methoxy groups -OCH3 is 1. The third kappa shape index (κ3) is 2.17. The summed E-state index contributed by atoms with van der Waals surface area (Å²) in [5, 5.41) is 13.2. The fourth-order valence-electron chi connectivity index (χ4n) is 2.92. The predicted molar refractivity (Wildman–Crippen MR) is 79.5 cm³/mol. The summed E-state index contributed by atoms with van der Waals surface area (Å²) in [5.74, 6) is 0.870. The van der Waals surface area contributed by atoms with E-state index in [1.807, 2.05) is 19.2 Å². The highest BCUT2D eigenvalue weighted by Crippen LogP contribution is 2.40. The maximum Gasteiger partial charge on any atom is 0.271 e. The van der Waals surface area contributed by atoms with E-state index in [0.29, 0.717) is 0 Å². The summed E-state index contributed by atoms with van der Waals surface area (Å²) in [5.41, 5.74) is 2.15. The monoisotopic (exact) mass is 290 g/mol. The lowest BCUT2D eigenvalue weighted by Gasteiger charge is -2.37. The van der Waals surface area contributed by atoms with E-state index < -0.39 is 0 Å². The molecule has 2 aromatic rings. The van der Waals surface area contributed by atoms with Crippen LogP contribution in [0.1, 0.15) is 22.6 Å². The van der Waals surface area contributed by atoms with E-state index in [-0.39, 0.29) is 10.7 Å². The van der Waals surface area contributed by atoms with Crippen molar-refractivity contribution in [2.24, 2.45) is 0 Å². The Morgan fingerprint density at radius 2 is 2.30 bits per heavy atom. The van der Waals surface area contributed by atoms with Gasteiger partial charge in [-0.1, -0.05) is 23.5 Å². The summed E-state index contributed by atoms with van der Waals surface area (Å²) in [6.45, 7) is 0. The van der Waals surface area contributed by atoms with Gasteiger partial charge in [-0.05, 0) is 37.6 Å². The number of nitrogens with one attached hydrogen (secondary N) is 1. The van der Waals surface area contributed by atoms with Crippen molar-refractivity contribution in [3.63, 3.8) is 0 Å². The maximum atomic E-state index is 9.59. The molecule has 0 radical (unpaired) electrons. The molecule has 0 amide bonds. The predicted octanol–water partition coefficient (Wildman–Crippen LogP) is 2.46. The number of aromatic hydroxyl groups is 1. The topological polar surface area (TPSA) is 54.4 Å². The molecule has 2 N–H and O–H groups in total. The molecular weight excluding hydrogens is 272 g/mol. The van der Waals surface area contributed by atoms with Gasteiger partial charge in [-0.25, -0.2) is 4.98 Å². The Morgan fingerprint density at radius 3 is 3.05 bits per heavy atom. The SMILES string of the molecule is CNC1(c2cccc(OC)c2)CCc2nc(O)sc2C1. The third-order valence-electron chi connectivity index (χ3n) is 4.12. The molecule has 1 aliphatic carbocycles. The summed E-state index contributed by atoms with van der Waals surface area (Å²) in [6.07, 6.45) is 2.70. The van der Waals surface area contributed by atoms with Gasteiger partial charge in [0, 0.05) is 16.8 Å². The normalized spacial score (nSPS) is 21.5. The molecule has 106 valence electrons. The zero-order chi connectivity index (χ0) is 14.2. The van der Waals surface area contributed by atoms with Crippen LogP contribution in [0, 0.1) is 0 Å². The van der Waals surface area contributed by atoms with Crippen LogP contribution in [0.5, 0.6) is 10.9 Å². The van der Waals surface area contributed by atoms with E-state index in [0.717, 1.165) is 30.7 Å². The number of aryl methyl sites for hydroxylation is 1. The lowest BCUT2D eigenvalue weighted by atomic mass is 9.78. The molecule has 0 fully saturated rings. The van der Waals surface area contributed by atoms with Gasteiger partial charge in [0.2, 0.25) is 0 Å². The molecule has 1 unspecified atom stereocenters. The van der Waals surface area contributed by atoms with Gasteiger partial charge in [0.1, 0.15) is 5.75 Å². The van der Waals surface area contributed by atoms with Crippen LogP contribution in [0.25, 0.3) is 0 Å². The Labute approximate surface area is 122 Å². The number of benzene rings is 1. The fraction of sp³-hybridized carbons (Fsp3) is 0.400. The lowest BCUT2D eigenvalue weighted by molar-refractivity contribution is 0.313. The van der Waals surface area contributed by atoms with Crippen molar-refractivity contribution in [2.75, 3.05) is 14.2 Å². The van der Waals surface area contributed by atoms with E-state index in [2.05, 4.69) is 22.4 Å². The second kappa shape index (κ2) is 5.07. The Morgan fingerprint density at radius 1 is 1.45 bits per heavy atom. The van der Waals surface area contributed by atoms with Gasteiger partial charge in [0.05, 0.1) is 12.8 Å². The van der Waals surface area contributed by atoms with Crippen LogP contribution >= 0.6 is 11.3 Å². The number of fused-ring (bicyclic) bond motifs is 1. The van der Waals surface area contributed by atoms with Gasteiger partial charge in [0.15, 0.2) is 0 Å². The third-order valence-corrected chi connectivity index (χ3v) is 5.02. The van der Waals surface area contributed by atoms with E-state index in [1.165, 1.54) is 21.8 Å². The Kier molecular flexibility index (Phi) is 3.40. The zero-order valence-electron chi connectivity index (χ0n) is 11.6. The van der Waals surface area contributed by atoms with Crippen molar-refractivity contribution in [1.82, 2.24) is 10.3 Å². The molecule has 1 atom stereocenters. The van der Waals surface area contributed by atoms with Crippen LogP contribution in [-0.2, 0) is 18.4 Å². The first-order valence-electron chi connectivity index (χ1n) is 6.68. The minimum absolute atomic E-state index is 0.111. The van der Waals surface area contributed by atoms with E-state index in [9.17, 15) is 5.11 Å². The molecular formula is C15H18N2O2S. The molecule has 0 aliphatic heterocycles. The highest BCUT2D eigenvalue weighted by atomic mass is 32.1. The Hall–Kier alpha value is -1.59. The van der Waals surface area contributed by atoms with Gasteiger partial charge in [-0.15, -0.1) is 0 Å². The smallest absolute Gasteiger partial charge is 0.271 e. The van der Waals surface area contributed by atoms with Crippen molar-refractivity contribution in [2.45, 2.75) is 24.8 Å². The van der Waals surface area contributed by atoms with Crippen molar-refractivity contribution in [1.29, 1.82) is 0 Å². The minimum atomic E-state index is -0.111. The Balaban J connectivity index is 2.00. The first kappa shape index (κ1) is 13.4. The molecule has 5 heteroatoms. The van der Waals surface area contributed by atoms with Gasteiger partial charge in [-0.3, -0.25) is 0 Å². The second-order valence-electron chi connectivity index (χ2n) is 5.11. The van der Waals surface area contributed by atoms with Gasteiger partial charge < -0.3 is 15.2 Å². The van der Waals surface area contributed by atoms with Crippen molar-refractivity contribution >= 4 is 11.3 Å². The quantitative estimate of drug-likeness (QED) is 0.912. The number of thiazole rings is 1. The van der Waals surface area contributed by atoms with Crippen LogP contribution in [0.2, 0.25) is 0 Å². The molecule has 3 rings (SSSR count). The molecule has 1 aromatic heterocycles. The number of rotatable bonds is 3. The van der Waals surface area contributed by atoms with Gasteiger partial charge in [0.25, 0.3) is 5.19 Å². The second-order valence-corrected chi connectivity index (χ2v) is 6.17. The van der Waals surface area contributed by atoms with Crippen LogP contribution < -0.4 is 10.1 Å². The molecule has 0 saturated heterocycles. The fourth-order valence-corrected chi connectivity index (χ4v) is 3.88. The molecule has 4 nitrogen and oxygen atoms in total. The summed E-state index contributed by atoms with van der Waals surface area (Å²) in [7, 11) is 3.68. The van der Waals surface area contributed by atoms with Crippen LogP contribution in [-0.4, -0.2) is 24.2 Å². The van der Waals surface area contributed by atoms with Gasteiger partial charge >= 0.3 is 0 Å². The molecule has 1 heterocycles. The van der Waals surface area contributed by atoms with Crippen molar-refractivity contribution < 1.29 is 9.84 Å². The number of hydrogen-bond acceptors (Lipinski definition) is 5. The average Bonchev–Trinajstić information content (AvgIpc) is 2.86. The first-order valence-corrected chi connectivity index (χ1v) is 7.49. The lowest BCUT2D eigenvalue weighted by Crippen LogP contribution is -2.44. The number of nitrogens with zero attached hydrogens (tertiary/aromatic N) is 1. The van der Waals surface area contributed by atoms with E-state index in [1.54, 1.807) is 7.11 Å². The molecule has 1 aromatic carbocycles. The Bertz CT molecular complexity index is 626. The number of ether oxygens (including phenoxy) is 1. The summed E-state index contributed by atoms with van der Waals surface area (Å²) in [6, 6.07) is 8.19. The highest BCUT2D eigenvalue weighted by molar-refractivity contribution is 7.13. The van der Waals surface area contributed by atoms with Gasteiger partial charge in [-0.2, -0.15) is 0 Å². The maximum absolute atomic E-state index is 9.59. The average molecular weight is 290 g/mol. The largest absolute Gasteiger partial charge is 0.497 e. The number of hydrogen-bond donors (Lipinski definition) is 2. The van der Waals surface area contributed by atoms with Crippen LogP contribution in [0.4, 0.5) is 0 Å². The standard InChI is InChI=1S/C15H18N2O2S/c1-16-15(10-4-3-5-11(8-10)19-2)7-6-12-13(9-15)20-14(18)17-12/h3-5,8,16H,6-7,9H2,1-2H3,(H,17,18). The van der Waals surface area contributed by atoms with Crippen molar-refractivity contribution in [3.05, 3.63) is 40.4 Å². The summed E-state index contributed by atoms with van der Waals surface area (Å²) >= 11 is 1.39. The zero-order valence-corrected chi connectivity index (χ0v) is 12.5. The minimum Gasteiger partial charge on any atom is -0.497 e. The summed E-state index contributed by atoms with van der Waals surface area (Å²) < 4.78 is 5.33. The first-order chi connectivity index (χ1) is 9.66.